The Kier molecular flexibility index (Phi) is 5.72. The van der Waals surface area contributed by atoms with E-state index in [0.717, 1.165) is 0 Å². The monoisotopic (exact) mass is 434 g/mol. The number of nitrogens with one attached hydrogen (secondary N) is 1. The van der Waals surface area contributed by atoms with Gasteiger partial charge in [-0.05, 0) is 36.3 Å². The van der Waals surface area contributed by atoms with Gasteiger partial charge in [-0.25, -0.2) is 13.8 Å². The summed E-state index contributed by atoms with van der Waals surface area (Å²) in [4.78, 5) is 31.5. The molecule has 2 fully saturated rings. The van der Waals surface area contributed by atoms with Crippen LogP contribution in [-0.4, -0.2) is 62.4 Å². The Hall–Kier alpha value is -2.55. The van der Waals surface area contributed by atoms with Crippen molar-refractivity contribution in [2.75, 3.05) is 13.1 Å². The minimum atomic E-state index is -2.65. The maximum Gasteiger partial charge on any atom is 0.256 e. The van der Waals surface area contributed by atoms with Gasteiger partial charge in [-0.2, -0.15) is 0 Å². The van der Waals surface area contributed by atoms with Gasteiger partial charge in [0.25, 0.3) is 5.91 Å². The van der Waals surface area contributed by atoms with Gasteiger partial charge in [-0.3, -0.25) is 9.59 Å². The second-order valence-corrected chi connectivity index (χ2v) is 9.14. The summed E-state index contributed by atoms with van der Waals surface area (Å²) >= 11 is 0. The number of halogens is 2. The summed E-state index contributed by atoms with van der Waals surface area (Å²) in [5.74, 6) is -3.99. The lowest BCUT2D eigenvalue weighted by atomic mass is 9.68. The SMILES string of the molecule is CC(C)[C@@H](O)C(=O)N[C@@H]1CN(C(=O)c2cccn3cncc23)CC[C@H]1C1CC(F)(F)C1. The van der Waals surface area contributed by atoms with Crippen molar-refractivity contribution in [2.24, 2.45) is 17.8 Å². The number of carbonyl (C=O) groups excluding carboxylic acids is 2. The van der Waals surface area contributed by atoms with E-state index in [1.165, 1.54) is 0 Å². The molecule has 2 aromatic heterocycles. The highest BCUT2D eigenvalue weighted by Crippen LogP contribution is 2.48. The molecule has 2 N–H and O–H groups in total. The Balaban J connectivity index is 1.53. The Morgan fingerprint density at radius 1 is 1.32 bits per heavy atom. The molecule has 0 spiro atoms. The van der Waals surface area contributed by atoms with Gasteiger partial charge in [-0.15, -0.1) is 0 Å². The van der Waals surface area contributed by atoms with Crippen LogP contribution < -0.4 is 5.32 Å². The summed E-state index contributed by atoms with van der Waals surface area (Å²) in [6, 6.07) is 3.02. The molecule has 3 atom stereocenters. The molecule has 1 saturated carbocycles. The molecule has 168 valence electrons. The number of pyridine rings is 1. The van der Waals surface area contributed by atoms with Crippen molar-refractivity contribution in [3.05, 3.63) is 36.4 Å². The van der Waals surface area contributed by atoms with E-state index in [-0.39, 0.29) is 43.0 Å². The molecule has 2 aliphatic rings. The number of hydrogen-bond donors (Lipinski definition) is 2. The quantitative estimate of drug-likeness (QED) is 0.756. The number of aromatic nitrogens is 2. The summed E-state index contributed by atoms with van der Waals surface area (Å²) in [6.07, 6.45) is 3.99. The molecule has 0 radical (unpaired) electrons. The molecule has 3 heterocycles. The van der Waals surface area contributed by atoms with Gasteiger partial charge >= 0.3 is 0 Å². The highest BCUT2D eigenvalue weighted by molar-refractivity contribution is 6.00. The van der Waals surface area contributed by atoms with E-state index in [4.69, 9.17) is 0 Å². The Morgan fingerprint density at radius 3 is 2.74 bits per heavy atom. The Bertz CT molecular complexity index is 969. The van der Waals surface area contributed by atoms with Gasteiger partial charge in [0.2, 0.25) is 11.8 Å². The van der Waals surface area contributed by atoms with E-state index in [9.17, 15) is 23.5 Å². The zero-order valence-corrected chi connectivity index (χ0v) is 17.7. The third kappa shape index (κ3) is 4.28. The zero-order chi connectivity index (χ0) is 22.3. The van der Waals surface area contributed by atoms with Crippen LogP contribution in [0.5, 0.6) is 0 Å². The van der Waals surface area contributed by atoms with Gasteiger partial charge in [0.05, 0.1) is 23.6 Å². The average molecular weight is 434 g/mol. The number of fused-ring (bicyclic) bond motifs is 1. The van der Waals surface area contributed by atoms with Crippen molar-refractivity contribution < 1.29 is 23.5 Å². The fourth-order valence-corrected chi connectivity index (χ4v) is 4.75. The number of imidazole rings is 1. The topological polar surface area (TPSA) is 86.9 Å². The summed E-state index contributed by atoms with van der Waals surface area (Å²) in [5, 5.41) is 13.0. The second kappa shape index (κ2) is 8.18. The number of nitrogens with zero attached hydrogens (tertiary/aromatic N) is 3. The number of hydrogen-bond acceptors (Lipinski definition) is 4. The second-order valence-electron chi connectivity index (χ2n) is 9.14. The van der Waals surface area contributed by atoms with Gasteiger partial charge in [0.1, 0.15) is 6.10 Å². The van der Waals surface area contributed by atoms with Crippen LogP contribution in [0.15, 0.2) is 30.9 Å². The van der Waals surface area contributed by atoms with Crippen LogP contribution in [0.3, 0.4) is 0 Å². The van der Waals surface area contributed by atoms with E-state index >= 15 is 0 Å². The number of rotatable bonds is 5. The average Bonchev–Trinajstić information content (AvgIpc) is 3.19. The summed E-state index contributed by atoms with van der Waals surface area (Å²) in [7, 11) is 0. The summed E-state index contributed by atoms with van der Waals surface area (Å²) in [6.45, 7) is 4.12. The molecule has 1 aliphatic heterocycles. The molecular formula is C22H28F2N4O3. The third-order valence-electron chi connectivity index (χ3n) is 6.59. The molecule has 0 aromatic carbocycles. The molecule has 7 nitrogen and oxygen atoms in total. The number of piperidine rings is 1. The van der Waals surface area contributed by atoms with Crippen LogP contribution in [0.1, 0.15) is 43.5 Å². The standard InChI is InChI=1S/C22H28F2N4O3/c1-13(2)19(29)20(30)26-17-11-27(7-5-15(17)14-8-22(23,24)9-14)21(31)16-4-3-6-28-12-25-10-18(16)28/h3-4,6,10,12-15,17,19,29H,5,7-9,11H2,1-2H3,(H,26,30)/t15-,17+,19+/m0/s1. The molecule has 0 bridgehead atoms. The third-order valence-corrected chi connectivity index (χ3v) is 6.59. The largest absolute Gasteiger partial charge is 0.383 e. The van der Waals surface area contributed by atoms with Gasteiger partial charge in [0.15, 0.2) is 0 Å². The predicted octanol–water partition coefficient (Wildman–Crippen LogP) is 2.34. The summed E-state index contributed by atoms with van der Waals surface area (Å²) in [5.41, 5.74) is 1.19. The lowest BCUT2D eigenvalue weighted by Gasteiger charge is -2.47. The molecule has 2 aromatic rings. The first kappa shape index (κ1) is 21.7. The number of carbonyl (C=O) groups is 2. The van der Waals surface area contributed by atoms with E-state index < -0.39 is 24.0 Å². The first-order chi connectivity index (χ1) is 14.7. The fourth-order valence-electron chi connectivity index (χ4n) is 4.75. The van der Waals surface area contributed by atoms with Crippen molar-refractivity contribution in [3.8, 4) is 0 Å². The molecular weight excluding hydrogens is 406 g/mol. The van der Waals surface area contributed by atoms with Crippen molar-refractivity contribution in [1.82, 2.24) is 19.6 Å². The molecule has 9 heteroatoms. The maximum atomic E-state index is 13.5. The number of aliphatic hydroxyl groups excluding tert-OH is 1. The minimum Gasteiger partial charge on any atom is -0.383 e. The Labute approximate surface area is 179 Å². The first-order valence-corrected chi connectivity index (χ1v) is 10.7. The lowest BCUT2D eigenvalue weighted by Crippen LogP contribution is -2.59. The summed E-state index contributed by atoms with van der Waals surface area (Å²) < 4.78 is 28.8. The highest BCUT2D eigenvalue weighted by Gasteiger charge is 2.51. The predicted molar refractivity (Wildman–Crippen MR) is 110 cm³/mol. The van der Waals surface area contributed by atoms with Crippen molar-refractivity contribution in [3.63, 3.8) is 0 Å². The van der Waals surface area contributed by atoms with E-state index in [0.29, 0.717) is 24.0 Å². The Morgan fingerprint density at radius 2 is 2.06 bits per heavy atom. The van der Waals surface area contributed by atoms with Crippen LogP contribution in [0, 0.1) is 17.8 Å². The van der Waals surface area contributed by atoms with E-state index in [1.54, 1.807) is 54.0 Å². The number of amides is 2. The minimum absolute atomic E-state index is 0.155. The van der Waals surface area contributed by atoms with Crippen molar-refractivity contribution in [1.29, 1.82) is 0 Å². The van der Waals surface area contributed by atoms with Crippen molar-refractivity contribution in [2.45, 2.75) is 51.2 Å². The lowest BCUT2D eigenvalue weighted by molar-refractivity contribution is -0.141. The van der Waals surface area contributed by atoms with Crippen LogP contribution in [0.2, 0.25) is 0 Å². The fraction of sp³-hybridized carbons (Fsp3) is 0.591. The van der Waals surface area contributed by atoms with Crippen molar-refractivity contribution >= 4 is 17.3 Å². The van der Waals surface area contributed by atoms with Crippen LogP contribution in [0.25, 0.3) is 5.52 Å². The number of aliphatic hydroxyl groups is 1. The maximum absolute atomic E-state index is 13.5. The molecule has 31 heavy (non-hydrogen) atoms. The van der Waals surface area contributed by atoms with Crippen LogP contribution in [0.4, 0.5) is 8.78 Å². The van der Waals surface area contributed by atoms with E-state index in [2.05, 4.69) is 10.3 Å². The molecule has 0 unspecified atom stereocenters. The molecule has 1 saturated heterocycles. The van der Waals surface area contributed by atoms with Gasteiger partial charge < -0.3 is 19.7 Å². The highest BCUT2D eigenvalue weighted by atomic mass is 19.3. The van der Waals surface area contributed by atoms with Gasteiger partial charge in [-0.1, -0.05) is 13.8 Å². The van der Waals surface area contributed by atoms with Crippen LogP contribution >= 0.6 is 0 Å². The zero-order valence-electron chi connectivity index (χ0n) is 17.7. The smallest absolute Gasteiger partial charge is 0.256 e. The normalized spacial score (nSPS) is 24.8. The molecule has 4 rings (SSSR count). The van der Waals surface area contributed by atoms with E-state index in [1.807, 2.05) is 0 Å². The van der Waals surface area contributed by atoms with Crippen LogP contribution in [-0.2, 0) is 4.79 Å². The first-order valence-electron chi connectivity index (χ1n) is 10.7. The van der Waals surface area contributed by atoms with Gasteiger partial charge in [0, 0.05) is 38.2 Å². The number of likely N-dealkylation sites (tertiary alicyclic amines) is 1. The molecule has 2 amide bonds. The molecule has 1 aliphatic carbocycles. The number of alkyl halides is 2.